The summed E-state index contributed by atoms with van der Waals surface area (Å²) in [6, 6.07) is 3.58. The molecule has 0 radical (unpaired) electrons. The molecule has 2 aromatic rings. The predicted octanol–water partition coefficient (Wildman–Crippen LogP) is 1.79. The van der Waals surface area contributed by atoms with Gasteiger partial charge in [-0.3, -0.25) is 9.59 Å². The quantitative estimate of drug-likeness (QED) is 0.824. The Morgan fingerprint density at radius 1 is 1.20 bits per heavy atom. The first-order valence-electron chi connectivity index (χ1n) is 9.92. The van der Waals surface area contributed by atoms with E-state index >= 15 is 0 Å². The van der Waals surface area contributed by atoms with E-state index in [4.69, 9.17) is 9.47 Å². The fourth-order valence-electron chi connectivity index (χ4n) is 4.23. The van der Waals surface area contributed by atoms with E-state index in [1.165, 1.54) is 25.3 Å². The van der Waals surface area contributed by atoms with E-state index in [0.717, 1.165) is 5.69 Å². The highest BCUT2D eigenvalue weighted by Gasteiger charge is 2.39. The summed E-state index contributed by atoms with van der Waals surface area (Å²) in [5.74, 6) is -0.0363. The van der Waals surface area contributed by atoms with E-state index in [2.05, 4.69) is 9.97 Å². The maximum atomic E-state index is 13.8. The molecule has 4 rings (SSSR count). The van der Waals surface area contributed by atoms with E-state index < -0.39 is 5.82 Å². The van der Waals surface area contributed by atoms with Crippen molar-refractivity contribution in [1.82, 2.24) is 19.8 Å². The molecule has 160 valence electrons. The third kappa shape index (κ3) is 3.77. The number of ether oxygens (including phenoxy) is 2. The first kappa shape index (κ1) is 20.3. The SMILES string of the molecule is COc1ccc(F)cc1C(=O)N1C[C@@H]2COC[C@H](C1)N(C(=O)c1nc(C)[nH]c1C)C2. The number of aromatic nitrogens is 2. The lowest BCUT2D eigenvalue weighted by molar-refractivity contribution is 0.0377. The van der Waals surface area contributed by atoms with E-state index in [1.807, 2.05) is 6.92 Å². The van der Waals surface area contributed by atoms with Crippen LogP contribution in [0.3, 0.4) is 0 Å². The number of methoxy groups -OCH3 is 1. The fraction of sp³-hybridized carbons (Fsp3) is 0.476. The summed E-state index contributed by atoms with van der Waals surface area (Å²) in [6.45, 7) is 5.58. The molecule has 0 aliphatic carbocycles. The van der Waals surface area contributed by atoms with E-state index in [1.54, 1.807) is 16.7 Å². The van der Waals surface area contributed by atoms with Crippen molar-refractivity contribution in [3.63, 3.8) is 0 Å². The van der Waals surface area contributed by atoms with Crippen LogP contribution in [0.25, 0.3) is 0 Å². The summed E-state index contributed by atoms with van der Waals surface area (Å²) in [4.78, 5) is 37.3. The molecule has 1 N–H and O–H groups in total. The lowest BCUT2D eigenvalue weighted by Crippen LogP contribution is -2.48. The number of nitrogens with zero attached hydrogens (tertiary/aromatic N) is 3. The van der Waals surface area contributed by atoms with Crippen molar-refractivity contribution < 1.29 is 23.5 Å². The molecule has 0 spiro atoms. The van der Waals surface area contributed by atoms with Gasteiger partial charge in [-0.1, -0.05) is 0 Å². The highest BCUT2D eigenvalue weighted by molar-refractivity contribution is 5.97. The molecule has 3 heterocycles. The number of halogens is 1. The van der Waals surface area contributed by atoms with E-state index in [0.29, 0.717) is 50.1 Å². The van der Waals surface area contributed by atoms with Crippen LogP contribution in [0.15, 0.2) is 18.2 Å². The number of aromatic amines is 1. The lowest BCUT2D eigenvalue weighted by atomic mass is 10.1. The maximum absolute atomic E-state index is 13.8. The Morgan fingerprint density at radius 3 is 2.70 bits per heavy atom. The van der Waals surface area contributed by atoms with Gasteiger partial charge in [-0.2, -0.15) is 0 Å². The molecule has 30 heavy (non-hydrogen) atoms. The molecule has 9 heteroatoms. The summed E-state index contributed by atoms with van der Waals surface area (Å²) in [5, 5.41) is 0. The zero-order chi connectivity index (χ0) is 21.4. The van der Waals surface area contributed by atoms with Gasteiger partial charge in [0.2, 0.25) is 0 Å². The molecule has 8 nitrogen and oxygen atoms in total. The van der Waals surface area contributed by atoms with Gasteiger partial charge in [0, 0.05) is 31.2 Å². The van der Waals surface area contributed by atoms with Crippen LogP contribution in [0.4, 0.5) is 4.39 Å². The van der Waals surface area contributed by atoms with Gasteiger partial charge < -0.3 is 24.3 Å². The van der Waals surface area contributed by atoms with Crippen LogP contribution in [0.2, 0.25) is 0 Å². The largest absolute Gasteiger partial charge is 0.496 e. The molecule has 1 aromatic heterocycles. The standard InChI is InChI=1S/C21H25FN4O4/c1-12-19(24-13(2)23-12)21(28)26-8-14-7-25(9-16(26)11-30-10-14)20(27)17-6-15(22)4-5-18(17)29-3/h4-6,14,16H,7-11H2,1-3H3,(H,23,24)/t14-,16-/m0/s1. The highest BCUT2D eigenvalue weighted by atomic mass is 19.1. The van der Waals surface area contributed by atoms with Crippen molar-refractivity contribution in [2.75, 3.05) is 40.0 Å². The Hall–Kier alpha value is -2.94. The molecular weight excluding hydrogens is 391 g/mol. The van der Waals surface area contributed by atoms with Crippen LogP contribution in [0, 0.1) is 25.6 Å². The van der Waals surface area contributed by atoms with Crippen molar-refractivity contribution in [3.8, 4) is 5.75 Å². The van der Waals surface area contributed by atoms with Crippen LogP contribution < -0.4 is 4.74 Å². The minimum atomic E-state index is -0.501. The summed E-state index contributed by atoms with van der Waals surface area (Å²) in [7, 11) is 1.45. The Bertz CT molecular complexity index is 976. The third-order valence-electron chi connectivity index (χ3n) is 5.61. The van der Waals surface area contributed by atoms with Crippen LogP contribution in [-0.2, 0) is 4.74 Å². The zero-order valence-corrected chi connectivity index (χ0v) is 17.3. The second kappa shape index (κ2) is 8.06. The Balaban J connectivity index is 1.62. The highest BCUT2D eigenvalue weighted by Crippen LogP contribution is 2.26. The van der Waals surface area contributed by atoms with Crippen molar-refractivity contribution in [3.05, 3.63) is 46.8 Å². The van der Waals surface area contributed by atoms with Gasteiger partial charge in [0.15, 0.2) is 0 Å². The number of fused-ring (bicyclic) bond motifs is 3. The van der Waals surface area contributed by atoms with Gasteiger partial charge in [-0.15, -0.1) is 0 Å². The molecule has 0 unspecified atom stereocenters. The number of hydrogen-bond acceptors (Lipinski definition) is 5. The Labute approximate surface area is 174 Å². The van der Waals surface area contributed by atoms with Gasteiger partial charge in [-0.25, -0.2) is 9.37 Å². The number of amides is 2. The summed E-state index contributed by atoms with van der Waals surface area (Å²) in [6.07, 6.45) is 0. The van der Waals surface area contributed by atoms with E-state index in [9.17, 15) is 14.0 Å². The van der Waals surface area contributed by atoms with Gasteiger partial charge in [-0.05, 0) is 32.0 Å². The number of benzene rings is 1. The molecule has 0 saturated carbocycles. The number of imidazole rings is 1. The second-order valence-corrected chi connectivity index (χ2v) is 7.87. The molecule has 2 fully saturated rings. The first-order valence-corrected chi connectivity index (χ1v) is 9.92. The van der Waals surface area contributed by atoms with Crippen molar-refractivity contribution in [2.45, 2.75) is 19.9 Å². The van der Waals surface area contributed by atoms with Gasteiger partial charge in [0.25, 0.3) is 11.8 Å². The smallest absolute Gasteiger partial charge is 0.274 e. The normalized spacial score (nSPS) is 21.3. The second-order valence-electron chi connectivity index (χ2n) is 7.87. The number of carbonyl (C=O) groups is 2. The van der Waals surface area contributed by atoms with Crippen LogP contribution in [0.5, 0.6) is 5.75 Å². The van der Waals surface area contributed by atoms with Crippen LogP contribution in [-0.4, -0.2) is 77.6 Å². The van der Waals surface area contributed by atoms with Gasteiger partial charge in [0.05, 0.1) is 31.9 Å². The molecule has 2 atom stereocenters. The average Bonchev–Trinajstić information content (AvgIpc) is 2.86. The van der Waals surface area contributed by atoms with Gasteiger partial charge in [0.1, 0.15) is 23.1 Å². The maximum Gasteiger partial charge on any atom is 0.274 e. The summed E-state index contributed by atoms with van der Waals surface area (Å²) in [5.41, 5.74) is 1.29. The molecule has 2 saturated heterocycles. The number of nitrogens with one attached hydrogen (secondary N) is 1. The van der Waals surface area contributed by atoms with Crippen LogP contribution >= 0.6 is 0 Å². The molecule has 1 aromatic carbocycles. The van der Waals surface area contributed by atoms with Gasteiger partial charge >= 0.3 is 0 Å². The minimum absolute atomic E-state index is 0.0506. The minimum Gasteiger partial charge on any atom is -0.496 e. The lowest BCUT2D eigenvalue weighted by Gasteiger charge is -2.31. The Morgan fingerprint density at radius 2 is 2.00 bits per heavy atom. The molecule has 2 bridgehead atoms. The third-order valence-corrected chi connectivity index (χ3v) is 5.61. The molecule has 2 aliphatic rings. The number of rotatable bonds is 3. The van der Waals surface area contributed by atoms with Crippen LogP contribution in [0.1, 0.15) is 32.4 Å². The van der Waals surface area contributed by atoms with Crippen molar-refractivity contribution in [1.29, 1.82) is 0 Å². The predicted molar refractivity (Wildman–Crippen MR) is 106 cm³/mol. The number of hydrogen-bond donors (Lipinski definition) is 1. The van der Waals surface area contributed by atoms with Crippen molar-refractivity contribution >= 4 is 11.8 Å². The average molecular weight is 416 g/mol. The monoisotopic (exact) mass is 416 g/mol. The fourth-order valence-corrected chi connectivity index (χ4v) is 4.23. The molecular formula is C21H25FN4O4. The number of aryl methyl sites for hydroxylation is 2. The van der Waals surface area contributed by atoms with E-state index in [-0.39, 0.29) is 29.3 Å². The summed E-state index contributed by atoms with van der Waals surface area (Å²) >= 11 is 0. The Kier molecular flexibility index (Phi) is 5.46. The first-order chi connectivity index (χ1) is 14.4. The topological polar surface area (TPSA) is 87.8 Å². The molecule has 2 amide bonds. The van der Waals surface area contributed by atoms with Crippen molar-refractivity contribution in [2.24, 2.45) is 5.92 Å². The molecule has 2 aliphatic heterocycles. The zero-order valence-electron chi connectivity index (χ0n) is 17.3. The summed E-state index contributed by atoms with van der Waals surface area (Å²) < 4.78 is 24.8. The number of H-pyrrole nitrogens is 1. The number of carbonyl (C=O) groups excluding carboxylic acids is 2.